The van der Waals surface area contributed by atoms with E-state index in [2.05, 4.69) is 21.9 Å². The summed E-state index contributed by atoms with van der Waals surface area (Å²) in [7, 11) is 1.71. The number of rotatable bonds is 8. The van der Waals surface area contributed by atoms with E-state index in [1.807, 2.05) is 42.5 Å². The van der Waals surface area contributed by atoms with E-state index in [9.17, 15) is 0 Å². The fourth-order valence-corrected chi connectivity index (χ4v) is 3.13. The van der Waals surface area contributed by atoms with Gasteiger partial charge in [0.1, 0.15) is 18.1 Å². The second-order valence-corrected chi connectivity index (χ2v) is 6.44. The van der Waals surface area contributed by atoms with Gasteiger partial charge in [-0.3, -0.25) is 4.90 Å². The number of ether oxygens (including phenoxy) is 2. The molecule has 0 aromatic heterocycles. The van der Waals surface area contributed by atoms with Gasteiger partial charge < -0.3 is 14.4 Å². The predicted octanol–water partition coefficient (Wildman–Crippen LogP) is 2.93. The van der Waals surface area contributed by atoms with Crippen LogP contribution in [0, 0.1) is 0 Å². The molecule has 1 aliphatic rings. The molecule has 134 valence electrons. The van der Waals surface area contributed by atoms with Gasteiger partial charge >= 0.3 is 0 Å². The number of methoxy groups -OCH3 is 1. The maximum atomic E-state index is 5.79. The zero-order valence-corrected chi connectivity index (χ0v) is 15.1. The Labute approximate surface area is 151 Å². The molecule has 0 saturated carbocycles. The average Bonchev–Trinajstić information content (AvgIpc) is 2.68. The van der Waals surface area contributed by atoms with Gasteiger partial charge in [-0.05, 0) is 36.2 Å². The van der Waals surface area contributed by atoms with Crippen LogP contribution in [0.3, 0.4) is 0 Å². The number of hydrogen-bond donors (Lipinski definition) is 0. The van der Waals surface area contributed by atoms with Gasteiger partial charge in [0.05, 0.1) is 7.11 Å². The van der Waals surface area contributed by atoms with E-state index in [4.69, 9.17) is 9.47 Å². The quantitative estimate of drug-likeness (QED) is 0.738. The SMILES string of the molecule is COc1ccc(CCN2CCN(CCOc3ccccc3)CC2)cc1. The van der Waals surface area contributed by atoms with Crippen LogP contribution in [0.25, 0.3) is 0 Å². The summed E-state index contributed by atoms with van der Waals surface area (Å²) >= 11 is 0. The number of nitrogens with zero attached hydrogens (tertiary/aromatic N) is 2. The Morgan fingerprint density at radius 1 is 0.760 bits per heavy atom. The Bertz CT molecular complexity index is 608. The number of hydrogen-bond acceptors (Lipinski definition) is 4. The molecule has 0 aliphatic carbocycles. The first kappa shape index (κ1) is 17.8. The van der Waals surface area contributed by atoms with Crippen LogP contribution >= 0.6 is 0 Å². The van der Waals surface area contributed by atoms with Crippen molar-refractivity contribution in [2.45, 2.75) is 6.42 Å². The van der Waals surface area contributed by atoms with Crippen LogP contribution in [0.15, 0.2) is 54.6 Å². The van der Waals surface area contributed by atoms with Gasteiger partial charge in [-0.25, -0.2) is 0 Å². The van der Waals surface area contributed by atoms with Crippen molar-refractivity contribution in [1.82, 2.24) is 9.80 Å². The molecule has 25 heavy (non-hydrogen) atoms. The van der Waals surface area contributed by atoms with Crippen molar-refractivity contribution in [2.24, 2.45) is 0 Å². The molecule has 0 spiro atoms. The van der Waals surface area contributed by atoms with Gasteiger partial charge in [0.2, 0.25) is 0 Å². The third-order valence-electron chi connectivity index (χ3n) is 4.76. The Hall–Kier alpha value is -2.04. The first-order chi connectivity index (χ1) is 12.3. The lowest BCUT2D eigenvalue weighted by Crippen LogP contribution is -2.47. The van der Waals surface area contributed by atoms with Crippen molar-refractivity contribution in [2.75, 3.05) is 53.0 Å². The van der Waals surface area contributed by atoms with Crippen molar-refractivity contribution in [3.05, 3.63) is 60.2 Å². The zero-order valence-electron chi connectivity index (χ0n) is 15.1. The normalized spacial score (nSPS) is 15.9. The van der Waals surface area contributed by atoms with E-state index in [-0.39, 0.29) is 0 Å². The van der Waals surface area contributed by atoms with Crippen LogP contribution in [0.4, 0.5) is 0 Å². The smallest absolute Gasteiger partial charge is 0.119 e. The summed E-state index contributed by atoms with van der Waals surface area (Å²) in [6.45, 7) is 7.42. The lowest BCUT2D eigenvalue weighted by Gasteiger charge is -2.34. The maximum absolute atomic E-state index is 5.79. The molecule has 0 unspecified atom stereocenters. The summed E-state index contributed by atoms with van der Waals surface area (Å²) in [5.41, 5.74) is 1.37. The molecule has 2 aromatic carbocycles. The van der Waals surface area contributed by atoms with E-state index >= 15 is 0 Å². The van der Waals surface area contributed by atoms with Crippen LogP contribution in [0.2, 0.25) is 0 Å². The van der Waals surface area contributed by atoms with Crippen LogP contribution in [0.1, 0.15) is 5.56 Å². The largest absolute Gasteiger partial charge is 0.497 e. The van der Waals surface area contributed by atoms with E-state index < -0.39 is 0 Å². The van der Waals surface area contributed by atoms with Crippen molar-refractivity contribution >= 4 is 0 Å². The maximum Gasteiger partial charge on any atom is 0.119 e. The second kappa shape index (κ2) is 9.44. The first-order valence-corrected chi connectivity index (χ1v) is 9.09. The van der Waals surface area contributed by atoms with E-state index in [0.717, 1.165) is 63.8 Å². The molecule has 0 N–H and O–H groups in total. The number of benzene rings is 2. The average molecular weight is 340 g/mol. The molecular formula is C21H28N2O2. The van der Waals surface area contributed by atoms with Crippen LogP contribution < -0.4 is 9.47 Å². The van der Waals surface area contributed by atoms with Gasteiger partial charge in [-0.1, -0.05) is 30.3 Å². The summed E-state index contributed by atoms with van der Waals surface area (Å²) in [5, 5.41) is 0. The molecular weight excluding hydrogens is 312 g/mol. The highest BCUT2D eigenvalue weighted by molar-refractivity contribution is 5.27. The fourth-order valence-electron chi connectivity index (χ4n) is 3.13. The highest BCUT2D eigenvalue weighted by Gasteiger charge is 2.16. The van der Waals surface area contributed by atoms with Crippen molar-refractivity contribution < 1.29 is 9.47 Å². The zero-order chi connectivity index (χ0) is 17.3. The van der Waals surface area contributed by atoms with Gasteiger partial charge in [-0.15, -0.1) is 0 Å². The third-order valence-corrected chi connectivity index (χ3v) is 4.76. The lowest BCUT2D eigenvalue weighted by atomic mass is 10.1. The molecule has 4 heteroatoms. The van der Waals surface area contributed by atoms with Gasteiger partial charge in [0, 0.05) is 39.3 Å². The molecule has 1 saturated heterocycles. The van der Waals surface area contributed by atoms with Gasteiger partial charge in [0.25, 0.3) is 0 Å². The van der Waals surface area contributed by atoms with E-state index in [1.165, 1.54) is 5.56 Å². The summed E-state index contributed by atoms with van der Waals surface area (Å²) in [5.74, 6) is 1.88. The Morgan fingerprint density at radius 2 is 1.40 bits per heavy atom. The molecule has 0 bridgehead atoms. The summed E-state index contributed by atoms with van der Waals surface area (Å²) in [4.78, 5) is 5.05. The molecule has 0 atom stereocenters. The van der Waals surface area contributed by atoms with Crippen molar-refractivity contribution in [3.8, 4) is 11.5 Å². The lowest BCUT2D eigenvalue weighted by molar-refractivity contribution is 0.118. The topological polar surface area (TPSA) is 24.9 Å². The third kappa shape index (κ3) is 5.76. The monoisotopic (exact) mass is 340 g/mol. The van der Waals surface area contributed by atoms with Gasteiger partial charge in [0.15, 0.2) is 0 Å². The molecule has 0 radical (unpaired) electrons. The highest BCUT2D eigenvalue weighted by Crippen LogP contribution is 2.13. The molecule has 1 heterocycles. The molecule has 1 fully saturated rings. The Balaban J connectivity index is 1.31. The van der Waals surface area contributed by atoms with Crippen LogP contribution in [-0.4, -0.2) is 62.8 Å². The minimum absolute atomic E-state index is 0.760. The molecule has 3 rings (SSSR count). The Morgan fingerprint density at radius 3 is 2.04 bits per heavy atom. The van der Waals surface area contributed by atoms with Crippen LogP contribution in [0.5, 0.6) is 11.5 Å². The number of para-hydroxylation sites is 1. The summed E-state index contributed by atoms with van der Waals surface area (Å²) in [6, 6.07) is 18.5. The minimum Gasteiger partial charge on any atom is -0.497 e. The van der Waals surface area contributed by atoms with Crippen LogP contribution in [-0.2, 0) is 6.42 Å². The minimum atomic E-state index is 0.760. The van der Waals surface area contributed by atoms with E-state index in [0.29, 0.717) is 0 Å². The molecule has 4 nitrogen and oxygen atoms in total. The predicted molar refractivity (Wildman–Crippen MR) is 102 cm³/mol. The van der Waals surface area contributed by atoms with Crippen molar-refractivity contribution in [1.29, 1.82) is 0 Å². The van der Waals surface area contributed by atoms with Gasteiger partial charge in [-0.2, -0.15) is 0 Å². The molecule has 1 aliphatic heterocycles. The van der Waals surface area contributed by atoms with E-state index in [1.54, 1.807) is 7.11 Å². The molecule has 2 aromatic rings. The fraction of sp³-hybridized carbons (Fsp3) is 0.429. The Kier molecular flexibility index (Phi) is 6.71. The summed E-state index contributed by atoms with van der Waals surface area (Å²) < 4.78 is 11.0. The highest BCUT2D eigenvalue weighted by atomic mass is 16.5. The number of piperazine rings is 1. The molecule has 0 amide bonds. The second-order valence-electron chi connectivity index (χ2n) is 6.44. The first-order valence-electron chi connectivity index (χ1n) is 9.09. The summed E-state index contributed by atoms with van der Waals surface area (Å²) in [6.07, 6.45) is 1.10. The standard InChI is InChI=1S/C21H28N2O2/c1-24-20-9-7-19(8-10-20)11-12-22-13-15-23(16-14-22)17-18-25-21-5-3-2-4-6-21/h2-10H,11-18H2,1H3. The van der Waals surface area contributed by atoms with Crippen molar-refractivity contribution in [3.63, 3.8) is 0 Å².